The number of nitrogens with zero attached hydrogens (tertiary/aromatic N) is 2. The maximum Gasteiger partial charge on any atom is 0.216 e. The summed E-state index contributed by atoms with van der Waals surface area (Å²) in [5, 5.41) is 10.2. The van der Waals surface area contributed by atoms with E-state index in [9.17, 15) is 5.11 Å². The molecule has 1 aromatic heterocycles. The number of methoxy groups -OCH3 is 1. The SMILES string of the molecule is CCOc1ccc(C(O)Cc2cc(OC)ncn2)cc1. The molecule has 2 aromatic rings. The summed E-state index contributed by atoms with van der Waals surface area (Å²) in [5.41, 5.74) is 1.56. The molecular weight excluding hydrogens is 256 g/mol. The van der Waals surface area contributed by atoms with Gasteiger partial charge in [0, 0.05) is 12.5 Å². The molecule has 0 aliphatic carbocycles. The van der Waals surface area contributed by atoms with Crippen molar-refractivity contribution in [3.8, 4) is 11.6 Å². The standard InChI is InChI=1S/C15H18N2O3/c1-3-20-13-6-4-11(5-7-13)14(18)8-12-9-15(19-2)17-10-16-12/h4-7,9-10,14,18H,3,8H2,1-2H3. The van der Waals surface area contributed by atoms with Gasteiger partial charge in [0.05, 0.1) is 25.5 Å². The average molecular weight is 274 g/mol. The highest BCUT2D eigenvalue weighted by Crippen LogP contribution is 2.21. The van der Waals surface area contributed by atoms with Crippen molar-refractivity contribution >= 4 is 0 Å². The van der Waals surface area contributed by atoms with Crippen LogP contribution in [0.3, 0.4) is 0 Å². The third kappa shape index (κ3) is 3.68. The predicted octanol–water partition coefficient (Wildman–Crippen LogP) is 2.16. The van der Waals surface area contributed by atoms with E-state index < -0.39 is 6.10 Å². The van der Waals surface area contributed by atoms with Crippen LogP contribution in [0.2, 0.25) is 0 Å². The van der Waals surface area contributed by atoms with Crippen molar-refractivity contribution in [3.05, 3.63) is 47.9 Å². The summed E-state index contributed by atoms with van der Waals surface area (Å²) in [6, 6.07) is 9.13. The van der Waals surface area contributed by atoms with Crippen LogP contribution in [0.25, 0.3) is 0 Å². The second-order valence-electron chi connectivity index (χ2n) is 4.27. The topological polar surface area (TPSA) is 64.5 Å². The van der Waals surface area contributed by atoms with E-state index in [0.717, 1.165) is 17.0 Å². The van der Waals surface area contributed by atoms with E-state index in [1.54, 1.807) is 13.2 Å². The zero-order valence-corrected chi connectivity index (χ0v) is 11.6. The smallest absolute Gasteiger partial charge is 0.216 e. The molecule has 1 aromatic carbocycles. The minimum Gasteiger partial charge on any atom is -0.494 e. The Morgan fingerprint density at radius 1 is 1.20 bits per heavy atom. The van der Waals surface area contributed by atoms with E-state index in [1.165, 1.54) is 6.33 Å². The van der Waals surface area contributed by atoms with Crippen molar-refractivity contribution in [3.63, 3.8) is 0 Å². The highest BCUT2D eigenvalue weighted by molar-refractivity contribution is 5.29. The van der Waals surface area contributed by atoms with Crippen molar-refractivity contribution in [2.24, 2.45) is 0 Å². The van der Waals surface area contributed by atoms with Crippen LogP contribution >= 0.6 is 0 Å². The van der Waals surface area contributed by atoms with Crippen LogP contribution in [0.15, 0.2) is 36.7 Å². The first kappa shape index (κ1) is 14.3. The number of aliphatic hydroxyl groups is 1. The number of hydrogen-bond acceptors (Lipinski definition) is 5. The van der Waals surface area contributed by atoms with Crippen molar-refractivity contribution < 1.29 is 14.6 Å². The lowest BCUT2D eigenvalue weighted by atomic mass is 10.0. The first-order valence-electron chi connectivity index (χ1n) is 6.48. The lowest BCUT2D eigenvalue weighted by Gasteiger charge is -2.11. The van der Waals surface area contributed by atoms with Gasteiger partial charge >= 0.3 is 0 Å². The first-order valence-corrected chi connectivity index (χ1v) is 6.48. The third-order valence-electron chi connectivity index (χ3n) is 2.89. The number of benzene rings is 1. The van der Waals surface area contributed by atoms with Crippen LogP contribution in [0, 0.1) is 0 Å². The fourth-order valence-electron chi connectivity index (χ4n) is 1.87. The maximum absolute atomic E-state index is 10.2. The van der Waals surface area contributed by atoms with Crippen LogP contribution < -0.4 is 9.47 Å². The van der Waals surface area contributed by atoms with E-state index >= 15 is 0 Å². The Balaban J connectivity index is 2.05. The lowest BCUT2D eigenvalue weighted by molar-refractivity contribution is 0.177. The zero-order chi connectivity index (χ0) is 14.4. The summed E-state index contributed by atoms with van der Waals surface area (Å²) >= 11 is 0. The van der Waals surface area contributed by atoms with Gasteiger partial charge in [0.15, 0.2) is 0 Å². The number of hydrogen-bond donors (Lipinski definition) is 1. The molecule has 1 heterocycles. The lowest BCUT2D eigenvalue weighted by Crippen LogP contribution is -2.04. The van der Waals surface area contributed by atoms with Crippen molar-refractivity contribution in [2.75, 3.05) is 13.7 Å². The van der Waals surface area contributed by atoms with Gasteiger partial charge < -0.3 is 14.6 Å². The highest BCUT2D eigenvalue weighted by Gasteiger charge is 2.10. The molecule has 1 atom stereocenters. The van der Waals surface area contributed by atoms with Crippen LogP contribution in [0.4, 0.5) is 0 Å². The van der Waals surface area contributed by atoms with Gasteiger partial charge in [0.25, 0.3) is 0 Å². The fraction of sp³-hybridized carbons (Fsp3) is 0.333. The van der Waals surface area contributed by atoms with E-state index in [2.05, 4.69) is 9.97 Å². The molecule has 0 saturated heterocycles. The molecule has 0 bridgehead atoms. The summed E-state index contributed by atoms with van der Waals surface area (Å²) in [4.78, 5) is 8.06. The second kappa shape index (κ2) is 6.86. The Hall–Kier alpha value is -2.14. The Labute approximate surface area is 118 Å². The summed E-state index contributed by atoms with van der Waals surface area (Å²) in [6.45, 7) is 2.56. The number of rotatable bonds is 6. The number of ether oxygens (including phenoxy) is 2. The monoisotopic (exact) mass is 274 g/mol. The van der Waals surface area contributed by atoms with Crippen LogP contribution in [0.5, 0.6) is 11.6 Å². The maximum atomic E-state index is 10.2. The van der Waals surface area contributed by atoms with Crippen LogP contribution in [-0.2, 0) is 6.42 Å². The van der Waals surface area contributed by atoms with E-state index in [1.807, 2.05) is 31.2 Å². The predicted molar refractivity (Wildman–Crippen MR) is 74.9 cm³/mol. The molecule has 5 nitrogen and oxygen atoms in total. The summed E-state index contributed by atoms with van der Waals surface area (Å²) in [5.74, 6) is 1.29. The van der Waals surface area contributed by atoms with Crippen LogP contribution in [0.1, 0.15) is 24.3 Å². The quantitative estimate of drug-likeness (QED) is 0.874. The molecular formula is C15H18N2O3. The Kier molecular flexibility index (Phi) is 4.90. The van der Waals surface area contributed by atoms with Gasteiger partial charge in [-0.2, -0.15) is 0 Å². The molecule has 20 heavy (non-hydrogen) atoms. The normalized spacial score (nSPS) is 11.9. The molecule has 0 spiro atoms. The fourth-order valence-corrected chi connectivity index (χ4v) is 1.87. The molecule has 0 amide bonds. The van der Waals surface area contributed by atoms with Gasteiger partial charge in [-0.3, -0.25) is 0 Å². The highest BCUT2D eigenvalue weighted by atomic mass is 16.5. The molecule has 2 rings (SSSR count). The van der Waals surface area contributed by atoms with Gasteiger partial charge in [0.2, 0.25) is 5.88 Å². The molecule has 0 aliphatic rings. The van der Waals surface area contributed by atoms with E-state index in [-0.39, 0.29) is 0 Å². The Morgan fingerprint density at radius 3 is 2.60 bits per heavy atom. The van der Waals surface area contributed by atoms with E-state index in [0.29, 0.717) is 18.9 Å². The minimum absolute atomic E-state index is 0.410. The molecule has 0 fully saturated rings. The number of aliphatic hydroxyl groups excluding tert-OH is 1. The van der Waals surface area contributed by atoms with Gasteiger partial charge in [-0.25, -0.2) is 9.97 Å². The van der Waals surface area contributed by atoms with Crippen LogP contribution in [-0.4, -0.2) is 28.8 Å². The largest absolute Gasteiger partial charge is 0.494 e. The second-order valence-corrected chi connectivity index (χ2v) is 4.27. The molecule has 1 N–H and O–H groups in total. The third-order valence-corrected chi connectivity index (χ3v) is 2.89. The van der Waals surface area contributed by atoms with Gasteiger partial charge in [-0.05, 0) is 24.6 Å². The molecule has 0 radical (unpaired) electrons. The molecule has 5 heteroatoms. The van der Waals surface area contributed by atoms with Gasteiger partial charge in [0.1, 0.15) is 12.1 Å². The summed E-state index contributed by atoms with van der Waals surface area (Å²) < 4.78 is 10.4. The van der Waals surface area contributed by atoms with Crippen molar-refractivity contribution in [1.82, 2.24) is 9.97 Å². The molecule has 1 unspecified atom stereocenters. The Morgan fingerprint density at radius 2 is 1.95 bits per heavy atom. The van der Waals surface area contributed by atoms with Crippen molar-refractivity contribution in [2.45, 2.75) is 19.4 Å². The average Bonchev–Trinajstić information content (AvgIpc) is 2.48. The molecule has 0 saturated carbocycles. The molecule has 106 valence electrons. The zero-order valence-electron chi connectivity index (χ0n) is 11.6. The number of aromatic nitrogens is 2. The van der Waals surface area contributed by atoms with Gasteiger partial charge in [-0.1, -0.05) is 12.1 Å². The minimum atomic E-state index is -0.620. The summed E-state index contributed by atoms with van der Waals surface area (Å²) in [6.07, 6.45) is 1.22. The van der Waals surface area contributed by atoms with Crippen molar-refractivity contribution in [1.29, 1.82) is 0 Å². The van der Waals surface area contributed by atoms with Gasteiger partial charge in [-0.15, -0.1) is 0 Å². The summed E-state index contributed by atoms with van der Waals surface area (Å²) in [7, 11) is 1.55. The Bertz CT molecular complexity index is 543. The molecule has 0 aliphatic heterocycles. The first-order chi connectivity index (χ1) is 9.72. The van der Waals surface area contributed by atoms with E-state index in [4.69, 9.17) is 9.47 Å².